The van der Waals surface area contributed by atoms with Gasteiger partial charge in [-0.2, -0.15) is 0 Å². The van der Waals surface area contributed by atoms with Crippen LogP contribution in [0.1, 0.15) is 0 Å². The maximum atomic E-state index is 12.8. The highest BCUT2D eigenvalue weighted by atomic mass is 127. The Hall–Kier alpha value is -0.400. The zero-order valence-electron chi connectivity index (χ0n) is 8.17. The summed E-state index contributed by atoms with van der Waals surface area (Å²) in [5.74, 6) is -0.235. The first-order valence-corrected chi connectivity index (χ1v) is 5.69. The minimum absolute atomic E-state index is 0.0358. The van der Waals surface area contributed by atoms with E-state index in [2.05, 4.69) is 27.9 Å². The number of hydrogen-bond donors (Lipinski definition) is 2. The van der Waals surface area contributed by atoms with E-state index in [1.54, 1.807) is 6.07 Å². The largest absolute Gasteiger partial charge is 0.394 e. The number of benzene rings is 1. The summed E-state index contributed by atoms with van der Waals surface area (Å²) in [6.45, 7) is 1.55. The molecule has 1 rings (SSSR count). The van der Waals surface area contributed by atoms with Crippen LogP contribution in [0.3, 0.4) is 0 Å². The van der Waals surface area contributed by atoms with Crippen LogP contribution in [0.5, 0.6) is 0 Å². The molecular weight excluding hydrogens is 312 g/mol. The van der Waals surface area contributed by atoms with Crippen LogP contribution in [0, 0.1) is 9.39 Å². The summed E-state index contributed by atoms with van der Waals surface area (Å²) in [7, 11) is 0. The van der Waals surface area contributed by atoms with Gasteiger partial charge >= 0.3 is 0 Å². The third-order valence-electron chi connectivity index (χ3n) is 1.73. The van der Waals surface area contributed by atoms with Gasteiger partial charge in [0.1, 0.15) is 5.82 Å². The second-order valence-electron chi connectivity index (χ2n) is 2.89. The fraction of sp³-hybridized carbons (Fsp3) is 0.400. The predicted octanol–water partition coefficient (Wildman–Crippen LogP) is 1.85. The van der Waals surface area contributed by atoms with Crippen molar-refractivity contribution in [2.75, 3.05) is 31.7 Å². The molecule has 0 spiro atoms. The molecule has 0 aliphatic carbocycles. The van der Waals surface area contributed by atoms with E-state index in [0.29, 0.717) is 19.8 Å². The first kappa shape index (κ1) is 12.7. The molecule has 3 nitrogen and oxygen atoms in total. The lowest BCUT2D eigenvalue weighted by atomic mass is 10.3. The fourth-order valence-corrected chi connectivity index (χ4v) is 1.73. The number of ether oxygens (including phenoxy) is 1. The van der Waals surface area contributed by atoms with Crippen molar-refractivity contribution in [1.82, 2.24) is 0 Å². The predicted molar refractivity (Wildman–Crippen MR) is 65.5 cm³/mol. The summed E-state index contributed by atoms with van der Waals surface area (Å²) in [4.78, 5) is 0. The van der Waals surface area contributed by atoms with Gasteiger partial charge in [-0.3, -0.25) is 0 Å². The van der Waals surface area contributed by atoms with Gasteiger partial charge in [0.05, 0.1) is 19.8 Å². The van der Waals surface area contributed by atoms with E-state index >= 15 is 0 Å². The van der Waals surface area contributed by atoms with Gasteiger partial charge in [0, 0.05) is 15.8 Å². The van der Waals surface area contributed by atoms with Gasteiger partial charge in [0.2, 0.25) is 0 Å². The number of anilines is 1. The van der Waals surface area contributed by atoms with Crippen LogP contribution in [0.25, 0.3) is 0 Å². The van der Waals surface area contributed by atoms with Crippen molar-refractivity contribution in [1.29, 1.82) is 0 Å². The monoisotopic (exact) mass is 325 g/mol. The first-order chi connectivity index (χ1) is 7.24. The highest BCUT2D eigenvalue weighted by Crippen LogP contribution is 2.18. The van der Waals surface area contributed by atoms with Crippen molar-refractivity contribution >= 4 is 28.3 Å². The molecule has 0 fully saturated rings. The molecule has 0 heterocycles. The van der Waals surface area contributed by atoms with Crippen LogP contribution in [0.2, 0.25) is 0 Å². The quantitative estimate of drug-likeness (QED) is 0.620. The van der Waals surface area contributed by atoms with Crippen molar-refractivity contribution in [3.8, 4) is 0 Å². The van der Waals surface area contributed by atoms with Crippen LogP contribution >= 0.6 is 22.6 Å². The van der Waals surface area contributed by atoms with Crippen molar-refractivity contribution in [2.24, 2.45) is 0 Å². The molecular formula is C10H13FINO2. The van der Waals surface area contributed by atoms with E-state index in [1.807, 2.05) is 0 Å². The molecule has 0 atom stereocenters. The smallest absolute Gasteiger partial charge is 0.124 e. The molecule has 0 bridgehead atoms. The van der Waals surface area contributed by atoms with Gasteiger partial charge in [0.15, 0.2) is 0 Å². The molecule has 1 aromatic carbocycles. The lowest BCUT2D eigenvalue weighted by Crippen LogP contribution is -2.11. The molecule has 5 heteroatoms. The maximum absolute atomic E-state index is 12.8. The normalized spacial score (nSPS) is 10.3. The average molecular weight is 325 g/mol. The topological polar surface area (TPSA) is 41.5 Å². The van der Waals surface area contributed by atoms with Crippen molar-refractivity contribution in [3.05, 3.63) is 27.6 Å². The zero-order valence-corrected chi connectivity index (χ0v) is 10.3. The molecule has 0 saturated carbocycles. The van der Waals surface area contributed by atoms with E-state index in [9.17, 15) is 4.39 Å². The lowest BCUT2D eigenvalue weighted by molar-refractivity contribution is 0.0992. The molecule has 1 aromatic rings. The third-order valence-corrected chi connectivity index (χ3v) is 2.62. The fourth-order valence-electron chi connectivity index (χ4n) is 1.06. The van der Waals surface area contributed by atoms with Gasteiger partial charge in [0.25, 0.3) is 0 Å². The minimum atomic E-state index is -0.235. The molecule has 0 aliphatic heterocycles. The second kappa shape index (κ2) is 6.97. The van der Waals surface area contributed by atoms with Gasteiger partial charge in [-0.05, 0) is 40.8 Å². The number of hydrogen-bond acceptors (Lipinski definition) is 3. The van der Waals surface area contributed by atoms with Crippen LogP contribution < -0.4 is 5.32 Å². The summed E-state index contributed by atoms with van der Waals surface area (Å²) >= 11 is 2.07. The number of halogens is 2. The van der Waals surface area contributed by atoms with Crippen molar-refractivity contribution in [3.63, 3.8) is 0 Å². The van der Waals surface area contributed by atoms with Crippen LogP contribution in [-0.2, 0) is 4.74 Å². The average Bonchev–Trinajstić information content (AvgIpc) is 2.20. The summed E-state index contributed by atoms with van der Waals surface area (Å²) in [5, 5.41) is 11.6. The Balaban J connectivity index is 2.31. The standard InChI is InChI=1S/C10H13FINO2/c11-8-1-2-10(9(12)7-8)13-3-5-15-6-4-14/h1-2,7,13-14H,3-6H2. The molecule has 2 N–H and O–H groups in total. The molecule has 0 aromatic heterocycles. The highest BCUT2D eigenvalue weighted by Gasteiger charge is 1.99. The number of nitrogens with one attached hydrogen (secondary N) is 1. The number of aliphatic hydroxyl groups is 1. The Morgan fingerprint density at radius 3 is 2.87 bits per heavy atom. The number of rotatable bonds is 6. The second-order valence-corrected chi connectivity index (χ2v) is 4.05. The Morgan fingerprint density at radius 2 is 2.20 bits per heavy atom. The molecule has 0 radical (unpaired) electrons. The molecule has 15 heavy (non-hydrogen) atoms. The van der Waals surface area contributed by atoms with E-state index in [-0.39, 0.29) is 12.4 Å². The first-order valence-electron chi connectivity index (χ1n) is 4.61. The maximum Gasteiger partial charge on any atom is 0.124 e. The van der Waals surface area contributed by atoms with E-state index in [4.69, 9.17) is 9.84 Å². The van der Waals surface area contributed by atoms with Crippen LogP contribution in [0.15, 0.2) is 18.2 Å². The molecule has 0 amide bonds. The third kappa shape index (κ3) is 4.76. The van der Waals surface area contributed by atoms with Gasteiger partial charge in [-0.25, -0.2) is 4.39 Å². The summed E-state index contributed by atoms with van der Waals surface area (Å²) in [5.41, 5.74) is 0.893. The summed E-state index contributed by atoms with van der Waals surface area (Å²) < 4.78 is 18.7. The Morgan fingerprint density at radius 1 is 1.40 bits per heavy atom. The lowest BCUT2D eigenvalue weighted by Gasteiger charge is -2.08. The molecule has 0 unspecified atom stereocenters. The Kier molecular flexibility index (Phi) is 5.89. The van der Waals surface area contributed by atoms with Gasteiger partial charge in [-0.15, -0.1) is 0 Å². The van der Waals surface area contributed by atoms with Gasteiger partial charge in [-0.1, -0.05) is 0 Å². The van der Waals surface area contributed by atoms with Gasteiger partial charge < -0.3 is 15.2 Å². The van der Waals surface area contributed by atoms with E-state index in [1.165, 1.54) is 12.1 Å². The van der Waals surface area contributed by atoms with E-state index < -0.39 is 0 Å². The Bertz CT molecular complexity index is 309. The molecule has 84 valence electrons. The minimum Gasteiger partial charge on any atom is -0.394 e. The SMILES string of the molecule is OCCOCCNc1ccc(F)cc1I. The zero-order chi connectivity index (χ0) is 11.1. The van der Waals surface area contributed by atoms with Crippen molar-refractivity contribution in [2.45, 2.75) is 0 Å². The molecule has 0 saturated heterocycles. The highest BCUT2D eigenvalue weighted by molar-refractivity contribution is 14.1. The van der Waals surface area contributed by atoms with Crippen LogP contribution in [-0.4, -0.2) is 31.5 Å². The number of aliphatic hydroxyl groups excluding tert-OH is 1. The van der Waals surface area contributed by atoms with Crippen molar-refractivity contribution < 1.29 is 14.2 Å². The summed E-state index contributed by atoms with van der Waals surface area (Å²) in [6, 6.07) is 4.58. The molecule has 0 aliphatic rings. The Labute approximate surface area is 102 Å². The summed E-state index contributed by atoms with van der Waals surface area (Å²) in [6.07, 6.45) is 0. The van der Waals surface area contributed by atoms with Crippen LogP contribution in [0.4, 0.5) is 10.1 Å². The van der Waals surface area contributed by atoms with E-state index in [0.717, 1.165) is 9.26 Å².